The highest BCUT2D eigenvalue weighted by atomic mass is 31.2. The van der Waals surface area contributed by atoms with E-state index in [4.69, 9.17) is 21.9 Å². The van der Waals surface area contributed by atoms with E-state index in [2.05, 4.69) is 0 Å². The van der Waals surface area contributed by atoms with E-state index in [-0.39, 0.29) is 27.5 Å². The number of nitro groups is 1. The van der Waals surface area contributed by atoms with Crippen LogP contribution >= 0.6 is 7.67 Å². The molecule has 0 aliphatic carbocycles. The van der Waals surface area contributed by atoms with Crippen LogP contribution in [0.5, 0.6) is 11.5 Å². The van der Waals surface area contributed by atoms with Crippen LogP contribution in [0.1, 0.15) is 37.4 Å². The smallest absolute Gasteiger partial charge is 0.346 e. The first kappa shape index (κ1) is 17.2. The van der Waals surface area contributed by atoms with Crippen LogP contribution in [-0.4, -0.2) is 65.2 Å². The highest BCUT2D eigenvalue weighted by Gasteiger charge is 2.50. The Labute approximate surface area is 209 Å². The minimum atomic E-state index is -3.25. The summed E-state index contributed by atoms with van der Waals surface area (Å²) in [7, 11) is -3.16. The third kappa shape index (κ3) is 4.68. The van der Waals surface area contributed by atoms with Crippen LogP contribution in [-0.2, 0) is 9.09 Å². The number of fused-ring (bicyclic) bond motifs is 1. The Morgan fingerprint density at radius 3 is 2.54 bits per heavy atom. The van der Waals surface area contributed by atoms with Crippen LogP contribution in [0.4, 0.5) is 5.69 Å². The normalized spacial score (nSPS) is 20.0. The molecule has 0 unspecified atom stereocenters. The average Bonchev–Trinajstić information content (AvgIpc) is 3.77. The summed E-state index contributed by atoms with van der Waals surface area (Å²) < 4.78 is 79.2. The SMILES string of the molecule is [2H]C([2H])([2H])N(C(=O)c1cccc(Oc2cc3cc([C@@H](C)OP(=O)(N4CC4)N4CC4)oc3cc2[N+](=O)[O-])c1)C([2H])([2H])[2H]. The molecule has 1 atom stereocenters. The first-order chi connectivity index (χ1) is 19.1. The zero-order valence-electron chi connectivity index (χ0n) is 24.5. The van der Waals surface area contributed by atoms with Crippen LogP contribution in [0.25, 0.3) is 11.0 Å². The van der Waals surface area contributed by atoms with Gasteiger partial charge in [0.25, 0.3) is 5.91 Å². The quantitative estimate of drug-likeness (QED) is 0.177. The molecule has 12 heteroatoms. The minimum Gasteiger partial charge on any atom is -0.458 e. The lowest BCUT2D eigenvalue weighted by Crippen LogP contribution is -2.21. The van der Waals surface area contributed by atoms with Crippen molar-refractivity contribution >= 4 is 30.2 Å². The first-order valence-electron chi connectivity index (χ1n) is 13.7. The Balaban J connectivity index is 1.43. The van der Waals surface area contributed by atoms with Gasteiger partial charge in [0.15, 0.2) is 0 Å². The van der Waals surface area contributed by atoms with Crippen molar-refractivity contribution in [3.63, 3.8) is 0 Å². The van der Waals surface area contributed by atoms with Crippen molar-refractivity contribution in [2.45, 2.75) is 13.0 Å². The van der Waals surface area contributed by atoms with Gasteiger partial charge in [-0.05, 0) is 37.3 Å². The molecular formula is C23H25N4O7P. The fourth-order valence-electron chi connectivity index (χ4n) is 3.61. The zero-order chi connectivity index (χ0) is 29.9. The Kier molecular flexibility index (Phi) is 4.31. The fourth-order valence-corrected chi connectivity index (χ4v) is 5.94. The van der Waals surface area contributed by atoms with Gasteiger partial charge in [-0.15, -0.1) is 0 Å². The molecule has 2 fully saturated rings. The van der Waals surface area contributed by atoms with Crippen molar-refractivity contribution in [2.75, 3.05) is 40.1 Å². The van der Waals surface area contributed by atoms with Gasteiger partial charge >= 0.3 is 13.4 Å². The lowest BCUT2D eigenvalue weighted by Gasteiger charge is -2.22. The van der Waals surface area contributed by atoms with Crippen molar-refractivity contribution in [2.24, 2.45) is 0 Å². The molecule has 2 aliphatic rings. The van der Waals surface area contributed by atoms with Crippen LogP contribution < -0.4 is 4.74 Å². The highest BCUT2D eigenvalue weighted by Crippen LogP contribution is 2.63. The number of amides is 1. The monoisotopic (exact) mass is 506 g/mol. The number of furan rings is 1. The molecule has 0 bridgehead atoms. The third-order valence-corrected chi connectivity index (χ3v) is 8.40. The molecule has 0 radical (unpaired) electrons. The maximum atomic E-state index is 13.4. The minimum absolute atomic E-state index is 0.0762. The zero-order valence-corrected chi connectivity index (χ0v) is 19.4. The molecule has 5 rings (SSSR count). The van der Waals surface area contributed by atoms with Crippen LogP contribution in [0.15, 0.2) is 46.9 Å². The second-order valence-corrected chi connectivity index (χ2v) is 10.5. The van der Waals surface area contributed by atoms with Gasteiger partial charge in [0.2, 0.25) is 5.75 Å². The maximum absolute atomic E-state index is 13.4. The summed E-state index contributed by atoms with van der Waals surface area (Å²) in [6.07, 6.45) is -0.722. The molecule has 1 amide bonds. The van der Waals surface area contributed by atoms with Gasteiger partial charge in [-0.1, -0.05) is 6.07 Å². The molecule has 0 N–H and O–H groups in total. The predicted octanol–water partition coefficient (Wildman–Crippen LogP) is 4.65. The Hall–Kier alpha value is -3.24. The number of ether oxygens (including phenoxy) is 1. The van der Waals surface area contributed by atoms with Gasteiger partial charge in [-0.25, -0.2) is 9.34 Å². The standard InChI is InChI=1S/C23H25N4O7P/c1-15(34-35(31,25-7-8-25)26-9-10-26)20-12-17-13-22(19(27(29)30)14-21(17)33-20)32-18-6-4-5-16(11-18)23(28)24(2)3/h4-6,11-15H,7-10H2,1-3H3/t15-/m1/s1/i2D3,3D3. The van der Waals surface area contributed by atoms with Crippen molar-refractivity contribution in [1.29, 1.82) is 0 Å². The molecule has 2 saturated heterocycles. The molecule has 2 aliphatic heterocycles. The van der Waals surface area contributed by atoms with E-state index >= 15 is 0 Å². The Bertz CT molecular complexity index is 1540. The summed E-state index contributed by atoms with van der Waals surface area (Å²) >= 11 is 0. The van der Waals surface area contributed by atoms with Gasteiger partial charge in [0, 0.05) is 59.3 Å². The van der Waals surface area contributed by atoms with Crippen molar-refractivity contribution in [3.8, 4) is 11.5 Å². The lowest BCUT2D eigenvalue weighted by atomic mass is 10.2. The van der Waals surface area contributed by atoms with E-state index < -0.39 is 44.2 Å². The van der Waals surface area contributed by atoms with Crippen molar-refractivity contribution in [3.05, 3.63) is 63.9 Å². The number of benzene rings is 2. The van der Waals surface area contributed by atoms with E-state index in [1.165, 1.54) is 24.3 Å². The average molecular weight is 506 g/mol. The van der Waals surface area contributed by atoms with Gasteiger partial charge in [0.1, 0.15) is 23.2 Å². The first-order valence-corrected chi connectivity index (χ1v) is 12.2. The molecule has 35 heavy (non-hydrogen) atoms. The Morgan fingerprint density at radius 1 is 1.20 bits per heavy atom. The second kappa shape index (κ2) is 8.76. The number of carbonyl (C=O) groups excluding carboxylic acids is 1. The molecule has 0 spiro atoms. The maximum Gasteiger partial charge on any atom is 0.346 e. The summed E-state index contributed by atoms with van der Waals surface area (Å²) in [5.41, 5.74) is -0.607. The number of carbonyl (C=O) groups is 1. The van der Waals surface area contributed by atoms with E-state index in [9.17, 15) is 19.5 Å². The van der Waals surface area contributed by atoms with Crippen LogP contribution in [0.2, 0.25) is 0 Å². The Morgan fingerprint density at radius 2 is 1.91 bits per heavy atom. The molecule has 3 heterocycles. The predicted molar refractivity (Wildman–Crippen MR) is 128 cm³/mol. The largest absolute Gasteiger partial charge is 0.458 e. The van der Waals surface area contributed by atoms with Crippen LogP contribution in [0.3, 0.4) is 0 Å². The van der Waals surface area contributed by atoms with Gasteiger partial charge in [-0.3, -0.25) is 24.0 Å². The van der Waals surface area contributed by atoms with E-state index in [1.807, 2.05) is 0 Å². The van der Waals surface area contributed by atoms with Crippen LogP contribution in [0, 0.1) is 10.1 Å². The highest BCUT2D eigenvalue weighted by molar-refractivity contribution is 7.54. The summed E-state index contributed by atoms with van der Waals surface area (Å²) in [6.45, 7) is -2.14. The number of hydrogen-bond donors (Lipinski definition) is 0. The number of nitrogens with zero attached hydrogens (tertiary/aromatic N) is 4. The van der Waals surface area contributed by atoms with Gasteiger partial charge in [0.05, 0.1) is 11.0 Å². The van der Waals surface area contributed by atoms with E-state index in [0.29, 0.717) is 37.3 Å². The number of rotatable bonds is 9. The number of nitro benzene ring substituents is 1. The molecule has 3 aromatic rings. The molecule has 11 nitrogen and oxygen atoms in total. The third-order valence-electron chi connectivity index (χ3n) is 5.58. The molecule has 1 aromatic heterocycles. The van der Waals surface area contributed by atoms with E-state index in [1.54, 1.807) is 22.3 Å². The fraction of sp³-hybridized carbons (Fsp3) is 0.348. The summed E-state index contributed by atoms with van der Waals surface area (Å²) in [5, 5.41) is 12.3. The molecular weight excluding hydrogens is 475 g/mol. The molecule has 184 valence electrons. The van der Waals surface area contributed by atoms with Gasteiger partial charge < -0.3 is 14.1 Å². The lowest BCUT2D eigenvalue weighted by molar-refractivity contribution is -0.385. The summed E-state index contributed by atoms with van der Waals surface area (Å²) in [6, 6.07) is 9.10. The topological polar surface area (TPSA) is 118 Å². The van der Waals surface area contributed by atoms with E-state index in [0.717, 1.165) is 12.1 Å². The molecule has 0 saturated carbocycles. The van der Waals surface area contributed by atoms with Crippen molar-refractivity contribution < 1.29 is 36.2 Å². The molecule has 2 aromatic carbocycles. The summed E-state index contributed by atoms with van der Waals surface area (Å²) in [5.74, 6) is -1.28. The number of hydrogen-bond acceptors (Lipinski definition) is 7. The second-order valence-electron chi connectivity index (χ2n) is 8.18. The van der Waals surface area contributed by atoms with Crippen molar-refractivity contribution in [1.82, 2.24) is 14.2 Å². The van der Waals surface area contributed by atoms with Gasteiger partial charge in [-0.2, -0.15) is 0 Å². The summed E-state index contributed by atoms with van der Waals surface area (Å²) in [4.78, 5) is 23.8.